The minimum Gasteiger partial charge on any atom is -0.249 e. The second kappa shape index (κ2) is 3.44. The first-order chi connectivity index (χ1) is 5.86. The zero-order valence-corrected chi connectivity index (χ0v) is 7.38. The molecule has 12 heavy (non-hydrogen) atoms. The van der Waals surface area contributed by atoms with Crippen LogP contribution in [0.2, 0.25) is 0 Å². The summed E-state index contributed by atoms with van der Waals surface area (Å²) in [5.74, 6) is 0. The first-order valence-electron chi connectivity index (χ1n) is 4.06. The van der Waals surface area contributed by atoms with Gasteiger partial charge in [-0.25, -0.2) is 10.9 Å². The van der Waals surface area contributed by atoms with Crippen molar-refractivity contribution in [2.45, 2.75) is 18.0 Å². The van der Waals surface area contributed by atoms with Gasteiger partial charge in [0.25, 0.3) is 0 Å². The molecule has 2 rings (SSSR count). The summed E-state index contributed by atoms with van der Waals surface area (Å²) >= 11 is 5.88. The number of rotatable bonds is 1. The standard InChI is InChI=1S/C9H11ClN2/c10-9-6-8(11-12-9)7-4-2-1-3-5-7/h1-5,8-9,11-12H,6H2. The highest BCUT2D eigenvalue weighted by Gasteiger charge is 2.22. The Kier molecular flexibility index (Phi) is 2.30. The van der Waals surface area contributed by atoms with Crippen molar-refractivity contribution in [1.82, 2.24) is 10.9 Å². The van der Waals surface area contributed by atoms with Crippen LogP contribution in [-0.2, 0) is 0 Å². The molecular weight excluding hydrogens is 172 g/mol. The van der Waals surface area contributed by atoms with Gasteiger partial charge in [0.2, 0.25) is 0 Å². The topological polar surface area (TPSA) is 24.1 Å². The number of hydrogen-bond donors (Lipinski definition) is 2. The van der Waals surface area contributed by atoms with E-state index in [4.69, 9.17) is 11.6 Å². The molecule has 1 aliphatic heterocycles. The van der Waals surface area contributed by atoms with Crippen LogP contribution < -0.4 is 10.9 Å². The van der Waals surface area contributed by atoms with Crippen LogP contribution in [0.15, 0.2) is 30.3 Å². The number of nitrogens with one attached hydrogen (secondary N) is 2. The molecule has 1 fully saturated rings. The van der Waals surface area contributed by atoms with Crippen LogP contribution in [0.25, 0.3) is 0 Å². The maximum atomic E-state index is 5.88. The third-order valence-electron chi connectivity index (χ3n) is 2.06. The normalized spacial score (nSPS) is 29.1. The Morgan fingerprint density at radius 3 is 2.50 bits per heavy atom. The molecule has 2 atom stereocenters. The maximum Gasteiger partial charge on any atom is 0.0970 e. The third kappa shape index (κ3) is 1.61. The summed E-state index contributed by atoms with van der Waals surface area (Å²) in [6.45, 7) is 0. The van der Waals surface area contributed by atoms with Crippen LogP contribution in [0.4, 0.5) is 0 Å². The van der Waals surface area contributed by atoms with E-state index in [1.54, 1.807) is 0 Å². The molecule has 0 saturated carbocycles. The van der Waals surface area contributed by atoms with Crippen LogP contribution in [0.1, 0.15) is 18.0 Å². The molecule has 64 valence electrons. The Morgan fingerprint density at radius 2 is 1.92 bits per heavy atom. The minimum absolute atomic E-state index is 0.0511. The van der Waals surface area contributed by atoms with Gasteiger partial charge in [0.1, 0.15) is 0 Å². The van der Waals surface area contributed by atoms with Gasteiger partial charge in [-0.2, -0.15) is 0 Å². The van der Waals surface area contributed by atoms with Gasteiger partial charge in [-0.05, 0) is 12.0 Å². The Hall–Kier alpha value is -0.570. The van der Waals surface area contributed by atoms with Crippen LogP contribution >= 0.6 is 11.6 Å². The molecule has 1 aromatic rings. The van der Waals surface area contributed by atoms with E-state index in [0.717, 1.165) is 6.42 Å². The number of benzene rings is 1. The van der Waals surface area contributed by atoms with Gasteiger partial charge >= 0.3 is 0 Å². The average molecular weight is 183 g/mol. The number of halogens is 1. The number of hydrazine groups is 1. The van der Waals surface area contributed by atoms with Crippen molar-refractivity contribution in [3.8, 4) is 0 Å². The van der Waals surface area contributed by atoms with E-state index >= 15 is 0 Å². The van der Waals surface area contributed by atoms with Crippen molar-refractivity contribution < 1.29 is 0 Å². The predicted molar refractivity (Wildman–Crippen MR) is 49.7 cm³/mol. The highest BCUT2D eigenvalue weighted by Crippen LogP contribution is 2.22. The van der Waals surface area contributed by atoms with Gasteiger partial charge in [0, 0.05) is 6.04 Å². The van der Waals surface area contributed by atoms with E-state index < -0.39 is 0 Å². The molecule has 2 unspecified atom stereocenters. The van der Waals surface area contributed by atoms with E-state index in [9.17, 15) is 0 Å². The first kappa shape index (κ1) is 8.05. The molecular formula is C9H11ClN2. The first-order valence-corrected chi connectivity index (χ1v) is 4.50. The van der Waals surface area contributed by atoms with Gasteiger partial charge in [-0.3, -0.25) is 0 Å². The van der Waals surface area contributed by atoms with Gasteiger partial charge in [-0.15, -0.1) is 11.6 Å². The molecule has 1 aliphatic rings. The van der Waals surface area contributed by atoms with Crippen molar-refractivity contribution in [3.63, 3.8) is 0 Å². The largest absolute Gasteiger partial charge is 0.249 e. The summed E-state index contributed by atoms with van der Waals surface area (Å²) in [4.78, 5) is 0. The summed E-state index contributed by atoms with van der Waals surface area (Å²) in [6, 6.07) is 10.7. The Bertz CT molecular complexity index is 250. The molecule has 2 nitrogen and oxygen atoms in total. The van der Waals surface area contributed by atoms with Crippen molar-refractivity contribution in [2.75, 3.05) is 0 Å². The highest BCUT2D eigenvalue weighted by atomic mass is 35.5. The van der Waals surface area contributed by atoms with Gasteiger partial charge in [0.05, 0.1) is 5.50 Å². The SMILES string of the molecule is ClC1CC(c2ccccc2)NN1. The molecule has 0 aromatic heterocycles. The van der Waals surface area contributed by atoms with E-state index in [2.05, 4.69) is 23.0 Å². The fourth-order valence-electron chi connectivity index (χ4n) is 1.42. The molecule has 0 amide bonds. The van der Waals surface area contributed by atoms with Crippen LogP contribution in [0, 0.1) is 0 Å². The fourth-order valence-corrected chi connectivity index (χ4v) is 1.66. The summed E-state index contributed by atoms with van der Waals surface area (Å²) < 4.78 is 0. The number of alkyl halides is 1. The van der Waals surface area contributed by atoms with Crippen molar-refractivity contribution in [2.24, 2.45) is 0 Å². The Labute approximate surface area is 76.9 Å². The highest BCUT2D eigenvalue weighted by molar-refractivity contribution is 6.20. The van der Waals surface area contributed by atoms with E-state index in [1.807, 2.05) is 18.2 Å². The van der Waals surface area contributed by atoms with E-state index in [0.29, 0.717) is 6.04 Å². The third-order valence-corrected chi connectivity index (χ3v) is 2.35. The van der Waals surface area contributed by atoms with Gasteiger partial charge in [-0.1, -0.05) is 30.3 Å². The Balaban J connectivity index is 2.11. The minimum atomic E-state index is 0.0511. The summed E-state index contributed by atoms with van der Waals surface area (Å²) in [5.41, 5.74) is 7.46. The zero-order valence-electron chi connectivity index (χ0n) is 6.63. The van der Waals surface area contributed by atoms with Crippen molar-refractivity contribution in [1.29, 1.82) is 0 Å². The lowest BCUT2D eigenvalue weighted by Crippen LogP contribution is -2.27. The van der Waals surface area contributed by atoms with Crippen molar-refractivity contribution >= 4 is 11.6 Å². The molecule has 1 saturated heterocycles. The van der Waals surface area contributed by atoms with Crippen LogP contribution in [0.3, 0.4) is 0 Å². The van der Waals surface area contributed by atoms with E-state index in [-0.39, 0.29) is 5.50 Å². The lowest BCUT2D eigenvalue weighted by Gasteiger charge is -2.07. The lowest BCUT2D eigenvalue weighted by atomic mass is 10.1. The molecule has 0 aliphatic carbocycles. The molecule has 0 bridgehead atoms. The second-order valence-corrected chi connectivity index (χ2v) is 3.48. The molecule has 3 heteroatoms. The Morgan fingerprint density at radius 1 is 1.17 bits per heavy atom. The summed E-state index contributed by atoms with van der Waals surface area (Å²) in [6.07, 6.45) is 0.936. The maximum absolute atomic E-state index is 5.88. The smallest absolute Gasteiger partial charge is 0.0970 e. The molecule has 1 heterocycles. The van der Waals surface area contributed by atoms with Crippen LogP contribution in [0.5, 0.6) is 0 Å². The fraction of sp³-hybridized carbons (Fsp3) is 0.333. The van der Waals surface area contributed by atoms with Gasteiger partial charge < -0.3 is 0 Å². The summed E-state index contributed by atoms with van der Waals surface area (Å²) in [7, 11) is 0. The quantitative estimate of drug-likeness (QED) is 0.511. The number of hydrogen-bond acceptors (Lipinski definition) is 2. The average Bonchev–Trinajstić information content (AvgIpc) is 2.54. The van der Waals surface area contributed by atoms with E-state index in [1.165, 1.54) is 5.56 Å². The van der Waals surface area contributed by atoms with Crippen molar-refractivity contribution in [3.05, 3.63) is 35.9 Å². The summed E-state index contributed by atoms with van der Waals surface area (Å²) in [5, 5.41) is 0. The zero-order chi connectivity index (χ0) is 8.39. The predicted octanol–water partition coefficient (Wildman–Crippen LogP) is 1.79. The monoisotopic (exact) mass is 182 g/mol. The molecule has 1 aromatic carbocycles. The second-order valence-electron chi connectivity index (χ2n) is 2.96. The van der Waals surface area contributed by atoms with Gasteiger partial charge in [0.15, 0.2) is 0 Å². The molecule has 2 N–H and O–H groups in total. The lowest BCUT2D eigenvalue weighted by molar-refractivity contribution is 0.577. The molecule has 0 spiro atoms. The molecule has 0 radical (unpaired) electrons. The van der Waals surface area contributed by atoms with Crippen LogP contribution in [-0.4, -0.2) is 5.50 Å².